The monoisotopic (exact) mass is 381 g/mol. The smallest absolute Gasteiger partial charge is 0.321 e. The molecule has 3 aromatic rings. The molecule has 1 aromatic heterocycles. The van der Waals surface area contributed by atoms with Crippen LogP contribution in [0.1, 0.15) is 24.0 Å². The lowest BCUT2D eigenvalue weighted by atomic mass is 9.92. The third-order valence-corrected chi connectivity index (χ3v) is 5.85. The Morgan fingerprint density at radius 1 is 0.889 bits per heavy atom. The van der Waals surface area contributed by atoms with E-state index in [1.54, 1.807) is 54.9 Å². The molecule has 0 radical (unpaired) electrons. The average molecular weight is 381 g/mol. The highest BCUT2D eigenvalue weighted by Gasteiger charge is 2.18. The van der Waals surface area contributed by atoms with Gasteiger partial charge < -0.3 is 4.74 Å². The van der Waals surface area contributed by atoms with Crippen molar-refractivity contribution in [2.24, 2.45) is 0 Å². The zero-order valence-corrected chi connectivity index (χ0v) is 15.4. The summed E-state index contributed by atoms with van der Waals surface area (Å²) in [5, 5.41) is 0. The number of anilines is 1. The molecule has 0 unspecified atom stereocenters. The standard InChI is InChI=1S/C20H19N3O3S/c24-27(25,19-10-9-15-5-1-2-6-16(15)13-19)23-17-7-3-8-18(14-17)26-20-21-11-4-12-22-20/h3-4,7-14,23H,1-2,5-6H2. The average Bonchev–Trinajstić information content (AvgIpc) is 2.68. The summed E-state index contributed by atoms with van der Waals surface area (Å²) in [7, 11) is -3.67. The number of nitrogens with one attached hydrogen (secondary N) is 1. The minimum Gasteiger partial charge on any atom is -0.424 e. The summed E-state index contributed by atoms with van der Waals surface area (Å²) >= 11 is 0. The van der Waals surface area contributed by atoms with Crippen LogP contribution < -0.4 is 9.46 Å². The molecule has 1 N–H and O–H groups in total. The van der Waals surface area contributed by atoms with Gasteiger partial charge in [0.05, 0.1) is 10.6 Å². The molecule has 6 nitrogen and oxygen atoms in total. The lowest BCUT2D eigenvalue weighted by Gasteiger charge is -2.17. The largest absolute Gasteiger partial charge is 0.424 e. The van der Waals surface area contributed by atoms with Gasteiger partial charge in [0.25, 0.3) is 10.0 Å². The summed E-state index contributed by atoms with van der Waals surface area (Å²) in [5.41, 5.74) is 2.79. The Hall–Kier alpha value is -2.93. The van der Waals surface area contributed by atoms with Crippen molar-refractivity contribution in [3.05, 3.63) is 72.1 Å². The molecule has 138 valence electrons. The van der Waals surface area contributed by atoms with Gasteiger partial charge in [-0.1, -0.05) is 12.1 Å². The van der Waals surface area contributed by atoms with E-state index in [2.05, 4.69) is 14.7 Å². The summed E-state index contributed by atoms with van der Waals surface area (Å²) in [6.45, 7) is 0. The topological polar surface area (TPSA) is 81.2 Å². The predicted octanol–water partition coefficient (Wildman–Crippen LogP) is 3.95. The van der Waals surface area contributed by atoms with Crippen LogP contribution in [0.3, 0.4) is 0 Å². The second-order valence-electron chi connectivity index (χ2n) is 6.40. The zero-order valence-electron chi connectivity index (χ0n) is 14.6. The first kappa shape index (κ1) is 17.5. The summed E-state index contributed by atoms with van der Waals surface area (Å²) in [6.07, 6.45) is 7.36. The van der Waals surface area contributed by atoms with Crippen LogP contribution in [0.2, 0.25) is 0 Å². The summed E-state index contributed by atoms with van der Waals surface area (Å²) < 4.78 is 33.7. The molecule has 1 heterocycles. The van der Waals surface area contributed by atoms with E-state index < -0.39 is 10.0 Å². The van der Waals surface area contributed by atoms with Crippen LogP contribution in [0.4, 0.5) is 5.69 Å². The Kier molecular flexibility index (Phi) is 4.77. The summed E-state index contributed by atoms with van der Waals surface area (Å²) in [6, 6.07) is 14.0. The Labute approximate surface area is 158 Å². The second-order valence-corrected chi connectivity index (χ2v) is 8.09. The van der Waals surface area contributed by atoms with E-state index in [4.69, 9.17) is 4.74 Å². The Balaban J connectivity index is 1.55. The molecule has 0 bridgehead atoms. The number of rotatable bonds is 5. The summed E-state index contributed by atoms with van der Waals surface area (Å²) in [5.74, 6) is 0.451. The van der Waals surface area contributed by atoms with Crippen LogP contribution in [0.25, 0.3) is 0 Å². The van der Waals surface area contributed by atoms with Crippen LogP contribution in [-0.2, 0) is 22.9 Å². The molecule has 0 saturated heterocycles. The van der Waals surface area contributed by atoms with Crippen molar-refractivity contribution in [1.82, 2.24) is 9.97 Å². The molecule has 0 spiro atoms. The first-order chi connectivity index (χ1) is 13.1. The number of benzene rings is 2. The molecule has 7 heteroatoms. The van der Waals surface area contributed by atoms with Gasteiger partial charge in [-0.3, -0.25) is 4.72 Å². The summed E-state index contributed by atoms with van der Waals surface area (Å²) in [4.78, 5) is 8.27. The first-order valence-corrected chi connectivity index (χ1v) is 10.3. The molecule has 1 aliphatic carbocycles. The minimum atomic E-state index is -3.67. The fraction of sp³-hybridized carbons (Fsp3) is 0.200. The number of aryl methyl sites for hydroxylation is 2. The zero-order chi connectivity index (χ0) is 18.7. The SMILES string of the molecule is O=S(=O)(Nc1cccc(Oc2ncccn2)c1)c1ccc2c(c1)CCCC2. The fourth-order valence-corrected chi connectivity index (χ4v) is 4.26. The number of hydrogen-bond donors (Lipinski definition) is 1. The van der Waals surface area contributed by atoms with Gasteiger partial charge in [-0.05, 0) is 67.1 Å². The Morgan fingerprint density at radius 3 is 2.48 bits per heavy atom. The predicted molar refractivity (Wildman–Crippen MR) is 102 cm³/mol. The van der Waals surface area contributed by atoms with Crippen LogP contribution in [0.5, 0.6) is 11.8 Å². The molecular weight excluding hydrogens is 362 g/mol. The molecule has 0 saturated carbocycles. The maximum absolute atomic E-state index is 12.8. The highest BCUT2D eigenvalue weighted by atomic mass is 32.2. The van der Waals surface area contributed by atoms with Gasteiger partial charge in [-0.15, -0.1) is 0 Å². The van der Waals surface area contributed by atoms with E-state index in [-0.39, 0.29) is 10.9 Å². The van der Waals surface area contributed by atoms with Gasteiger partial charge in [0.2, 0.25) is 0 Å². The molecule has 2 aromatic carbocycles. The number of ether oxygens (including phenoxy) is 1. The molecular formula is C20H19N3O3S. The van der Waals surface area contributed by atoms with Gasteiger partial charge in [-0.25, -0.2) is 18.4 Å². The van der Waals surface area contributed by atoms with Crippen molar-refractivity contribution >= 4 is 15.7 Å². The highest BCUT2D eigenvalue weighted by molar-refractivity contribution is 7.92. The maximum atomic E-state index is 12.8. The van der Waals surface area contributed by atoms with Crippen molar-refractivity contribution in [1.29, 1.82) is 0 Å². The van der Waals surface area contributed by atoms with Gasteiger partial charge in [0.1, 0.15) is 5.75 Å². The van der Waals surface area contributed by atoms with Gasteiger partial charge in [-0.2, -0.15) is 0 Å². The molecule has 0 atom stereocenters. The van der Waals surface area contributed by atoms with E-state index >= 15 is 0 Å². The Bertz CT molecular complexity index is 1050. The van der Waals surface area contributed by atoms with E-state index in [1.807, 2.05) is 6.07 Å². The lowest BCUT2D eigenvalue weighted by Crippen LogP contribution is -2.14. The highest BCUT2D eigenvalue weighted by Crippen LogP contribution is 2.27. The Morgan fingerprint density at radius 2 is 1.67 bits per heavy atom. The fourth-order valence-electron chi connectivity index (χ4n) is 3.16. The quantitative estimate of drug-likeness (QED) is 0.724. The number of fused-ring (bicyclic) bond motifs is 1. The molecule has 0 aliphatic heterocycles. The van der Waals surface area contributed by atoms with Crippen LogP contribution >= 0.6 is 0 Å². The van der Waals surface area contributed by atoms with E-state index in [0.717, 1.165) is 31.2 Å². The third-order valence-electron chi connectivity index (χ3n) is 4.47. The van der Waals surface area contributed by atoms with Crippen molar-refractivity contribution in [2.45, 2.75) is 30.6 Å². The minimum absolute atomic E-state index is 0.201. The van der Waals surface area contributed by atoms with Crippen LogP contribution in [0.15, 0.2) is 65.8 Å². The molecule has 4 rings (SSSR count). The van der Waals surface area contributed by atoms with Gasteiger partial charge in [0.15, 0.2) is 0 Å². The maximum Gasteiger partial charge on any atom is 0.321 e. The van der Waals surface area contributed by atoms with Crippen molar-refractivity contribution in [3.63, 3.8) is 0 Å². The second kappa shape index (κ2) is 7.36. The van der Waals surface area contributed by atoms with Gasteiger partial charge in [0, 0.05) is 18.5 Å². The van der Waals surface area contributed by atoms with Crippen molar-refractivity contribution < 1.29 is 13.2 Å². The molecule has 0 amide bonds. The molecule has 1 aliphatic rings. The van der Waals surface area contributed by atoms with Gasteiger partial charge >= 0.3 is 6.01 Å². The van der Waals surface area contributed by atoms with Crippen LogP contribution in [-0.4, -0.2) is 18.4 Å². The molecule has 0 fully saturated rings. The van der Waals surface area contributed by atoms with E-state index in [0.29, 0.717) is 11.4 Å². The first-order valence-electron chi connectivity index (χ1n) is 8.80. The van der Waals surface area contributed by atoms with E-state index in [9.17, 15) is 8.42 Å². The lowest BCUT2D eigenvalue weighted by molar-refractivity contribution is 0.442. The van der Waals surface area contributed by atoms with E-state index in [1.165, 1.54) is 5.56 Å². The van der Waals surface area contributed by atoms with Crippen LogP contribution in [0, 0.1) is 0 Å². The van der Waals surface area contributed by atoms with Crippen molar-refractivity contribution in [2.75, 3.05) is 4.72 Å². The number of nitrogens with zero attached hydrogens (tertiary/aromatic N) is 2. The normalized spacial score (nSPS) is 13.6. The van der Waals surface area contributed by atoms with Crippen molar-refractivity contribution in [3.8, 4) is 11.8 Å². The third kappa shape index (κ3) is 4.09. The molecule has 27 heavy (non-hydrogen) atoms. The number of aromatic nitrogens is 2. The number of hydrogen-bond acceptors (Lipinski definition) is 5. The number of sulfonamides is 1.